The summed E-state index contributed by atoms with van der Waals surface area (Å²) in [5.74, 6) is 0.120. The Labute approximate surface area is 183 Å². The smallest absolute Gasteiger partial charge is 0.421 e. The number of nitrogens with one attached hydrogen (secondary N) is 2. The number of hydrogen-bond acceptors (Lipinski definition) is 5. The van der Waals surface area contributed by atoms with Crippen molar-refractivity contribution in [1.29, 1.82) is 0 Å². The van der Waals surface area contributed by atoms with Gasteiger partial charge in [-0.2, -0.15) is 13.2 Å². The highest BCUT2D eigenvalue weighted by Crippen LogP contribution is 2.34. The number of rotatable bonds is 8. The van der Waals surface area contributed by atoms with Crippen molar-refractivity contribution < 1.29 is 17.9 Å². The topological polar surface area (TPSA) is 71.4 Å². The molecule has 2 heterocycles. The third kappa shape index (κ3) is 7.78. The molecule has 2 rings (SSSR count). The molecule has 28 heavy (non-hydrogen) atoms. The zero-order valence-electron chi connectivity index (χ0n) is 15.5. The van der Waals surface area contributed by atoms with Gasteiger partial charge in [0.1, 0.15) is 17.2 Å². The van der Waals surface area contributed by atoms with E-state index in [9.17, 15) is 13.2 Å². The maximum absolute atomic E-state index is 12.9. The molecule has 156 valence electrons. The molecule has 0 bridgehead atoms. The van der Waals surface area contributed by atoms with Gasteiger partial charge in [-0.25, -0.2) is 15.0 Å². The van der Waals surface area contributed by atoms with Crippen LogP contribution < -0.4 is 15.4 Å². The van der Waals surface area contributed by atoms with E-state index in [4.69, 9.17) is 4.74 Å². The number of guanidine groups is 1. The maximum Gasteiger partial charge on any atom is 0.421 e. The molecule has 0 aliphatic heterocycles. The van der Waals surface area contributed by atoms with Crippen molar-refractivity contribution >= 4 is 41.3 Å². The average molecular weight is 529 g/mol. The van der Waals surface area contributed by atoms with Gasteiger partial charge in [0.05, 0.1) is 13.1 Å². The minimum atomic E-state index is -4.50. The van der Waals surface area contributed by atoms with E-state index in [0.29, 0.717) is 19.0 Å². The monoisotopic (exact) mass is 529 g/mol. The summed E-state index contributed by atoms with van der Waals surface area (Å²) < 4.78 is 43.9. The van der Waals surface area contributed by atoms with Crippen LogP contribution in [0.1, 0.15) is 29.3 Å². The summed E-state index contributed by atoms with van der Waals surface area (Å²) in [6.45, 7) is 5.37. The van der Waals surface area contributed by atoms with E-state index in [1.54, 1.807) is 11.3 Å². The largest absolute Gasteiger partial charge is 0.475 e. The molecule has 2 aromatic heterocycles. The van der Waals surface area contributed by atoms with Crippen molar-refractivity contribution in [3.8, 4) is 5.88 Å². The Morgan fingerprint density at radius 1 is 1.25 bits per heavy atom. The zero-order chi connectivity index (χ0) is 19.7. The molecular formula is C17H23F3IN5OS. The Morgan fingerprint density at radius 2 is 2.04 bits per heavy atom. The van der Waals surface area contributed by atoms with E-state index < -0.39 is 17.6 Å². The number of alkyl halides is 3. The summed E-state index contributed by atoms with van der Waals surface area (Å²) in [4.78, 5) is 13.6. The Bertz CT molecular complexity index is 754. The number of ether oxygens (including phenoxy) is 1. The molecule has 0 unspecified atom stereocenters. The molecule has 0 fully saturated rings. The van der Waals surface area contributed by atoms with Gasteiger partial charge in [0.25, 0.3) is 0 Å². The lowest BCUT2D eigenvalue weighted by Gasteiger charge is -2.14. The summed E-state index contributed by atoms with van der Waals surface area (Å²) >= 11 is 1.61. The van der Waals surface area contributed by atoms with Gasteiger partial charge in [-0.3, -0.25) is 0 Å². The number of pyridine rings is 1. The minimum Gasteiger partial charge on any atom is -0.475 e. The Kier molecular flexibility index (Phi) is 10.5. The standard InChI is InChI=1S/C17H22F3N5OS.HI/c1-3-12-10-24-14(27-12)11-25-16(21-4-2)23-8-9-26-15-13(17(18,19)20)6-5-7-22-15;/h5-7,10H,3-4,8-9,11H2,1-2H3,(H2,21,23,25);1H. The summed E-state index contributed by atoms with van der Waals surface area (Å²) in [6.07, 6.45) is -0.458. The first-order valence-corrected chi connectivity index (χ1v) is 9.36. The van der Waals surface area contributed by atoms with Gasteiger partial charge < -0.3 is 15.4 Å². The van der Waals surface area contributed by atoms with Gasteiger partial charge in [0, 0.05) is 23.8 Å². The summed E-state index contributed by atoms with van der Waals surface area (Å²) in [5.41, 5.74) is -0.888. The first-order valence-electron chi connectivity index (χ1n) is 8.54. The molecule has 0 aliphatic carbocycles. The van der Waals surface area contributed by atoms with Crippen molar-refractivity contribution in [2.45, 2.75) is 33.0 Å². The van der Waals surface area contributed by atoms with Crippen LogP contribution in [0.25, 0.3) is 0 Å². The van der Waals surface area contributed by atoms with Gasteiger partial charge in [0.15, 0.2) is 5.96 Å². The van der Waals surface area contributed by atoms with Gasteiger partial charge >= 0.3 is 6.18 Å². The molecular weight excluding hydrogens is 506 g/mol. The molecule has 0 saturated heterocycles. The molecule has 0 spiro atoms. The van der Waals surface area contributed by atoms with E-state index in [0.717, 1.165) is 17.5 Å². The number of aryl methyl sites for hydroxylation is 1. The Hall–Kier alpha value is -1.63. The number of aromatic nitrogens is 2. The van der Waals surface area contributed by atoms with Crippen LogP contribution in [0.2, 0.25) is 0 Å². The van der Waals surface area contributed by atoms with Crippen LogP contribution >= 0.6 is 35.3 Å². The molecule has 6 nitrogen and oxygen atoms in total. The molecule has 0 aliphatic rings. The number of nitrogens with zero attached hydrogens (tertiary/aromatic N) is 3. The van der Waals surface area contributed by atoms with Crippen molar-refractivity contribution in [2.24, 2.45) is 4.99 Å². The highest BCUT2D eigenvalue weighted by Gasteiger charge is 2.34. The molecule has 0 saturated carbocycles. The fourth-order valence-corrected chi connectivity index (χ4v) is 2.90. The summed E-state index contributed by atoms with van der Waals surface area (Å²) in [7, 11) is 0. The van der Waals surface area contributed by atoms with Crippen LogP contribution in [-0.2, 0) is 19.1 Å². The van der Waals surface area contributed by atoms with E-state index in [2.05, 4.69) is 32.5 Å². The SMILES string of the molecule is CCNC(=NCc1ncc(CC)s1)NCCOc1ncccc1C(F)(F)F.I. The van der Waals surface area contributed by atoms with Gasteiger partial charge in [-0.1, -0.05) is 6.92 Å². The molecule has 2 N–H and O–H groups in total. The number of halogens is 4. The minimum absolute atomic E-state index is 0. The highest BCUT2D eigenvalue weighted by atomic mass is 127. The van der Waals surface area contributed by atoms with Gasteiger partial charge in [0.2, 0.25) is 5.88 Å². The normalized spacial score (nSPS) is 11.7. The van der Waals surface area contributed by atoms with Gasteiger partial charge in [-0.05, 0) is 25.5 Å². The summed E-state index contributed by atoms with van der Waals surface area (Å²) in [6, 6.07) is 2.17. The van der Waals surface area contributed by atoms with Crippen molar-refractivity contribution in [3.63, 3.8) is 0 Å². The first-order chi connectivity index (χ1) is 12.9. The predicted octanol–water partition coefficient (Wildman–Crippen LogP) is 3.87. The summed E-state index contributed by atoms with van der Waals surface area (Å²) in [5, 5.41) is 7.00. The van der Waals surface area contributed by atoms with Crippen LogP contribution in [0.3, 0.4) is 0 Å². The quantitative estimate of drug-likeness (QED) is 0.235. The Balaban J connectivity index is 0.00000392. The van der Waals surface area contributed by atoms with Crippen molar-refractivity contribution in [2.75, 3.05) is 19.7 Å². The van der Waals surface area contributed by atoms with Crippen LogP contribution in [0.4, 0.5) is 13.2 Å². The van der Waals surface area contributed by atoms with Crippen LogP contribution in [0.5, 0.6) is 5.88 Å². The lowest BCUT2D eigenvalue weighted by molar-refractivity contribution is -0.139. The third-order valence-corrected chi connectivity index (χ3v) is 4.50. The highest BCUT2D eigenvalue weighted by molar-refractivity contribution is 14.0. The average Bonchev–Trinajstić information content (AvgIpc) is 3.10. The van der Waals surface area contributed by atoms with Crippen LogP contribution in [0.15, 0.2) is 29.5 Å². The first kappa shape index (κ1) is 24.4. The second kappa shape index (κ2) is 12.0. The van der Waals surface area contributed by atoms with E-state index in [1.807, 2.05) is 13.1 Å². The van der Waals surface area contributed by atoms with Crippen LogP contribution in [0, 0.1) is 0 Å². The molecule has 0 amide bonds. The fraction of sp³-hybridized carbons (Fsp3) is 0.471. The Morgan fingerprint density at radius 3 is 2.68 bits per heavy atom. The molecule has 0 radical (unpaired) electrons. The number of aliphatic imine (C=N–C) groups is 1. The van der Waals surface area contributed by atoms with Crippen LogP contribution in [-0.4, -0.2) is 35.6 Å². The molecule has 2 aromatic rings. The molecule has 11 heteroatoms. The zero-order valence-corrected chi connectivity index (χ0v) is 18.7. The van der Waals surface area contributed by atoms with Crippen molar-refractivity contribution in [1.82, 2.24) is 20.6 Å². The lowest BCUT2D eigenvalue weighted by Crippen LogP contribution is -2.39. The lowest BCUT2D eigenvalue weighted by atomic mass is 10.2. The van der Waals surface area contributed by atoms with E-state index >= 15 is 0 Å². The fourth-order valence-electron chi connectivity index (χ4n) is 2.11. The second-order valence-corrected chi connectivity index (χ2v) is 6.60. The number of hydrogen-bond donors (Lipinski definition) is 2. The predicted molar refractivity (Wildman–Crippen MR) is 114 cm³/mol. The molecule has 0 atom stereocenters. The maximum atomic E-state index is 12.9. The van der Waals surface area contributed by atoms with E-state index in [1.165, 1.54) is 17.1 Å². The molecule has 0 aromatic carbocycles. The second-order valence-electron chi connectivity index (χ2n) is 5.40. The third-order valence-electron chi connectivity index (χ3n) is 3.38. The van der Waals surface area contributed by atoms with Crippen molar-refractivity contribution in [3.05, 3.63) is 40.0 Å². The number of thiazole rings is 1. The van der Waals surface area contributed by atoms with E-state index in [-0.39, 0.29) is 37.1 Å². The van der Waals surface area contributed by atoms with Gasteiger partial charge in [-0.15, -0.1) is 35.3 Å².